The van der Waals surface area contributed by atoms with Gasteiger partial charge >= 0.3 is 0 Å². The van der Waals surface area contributed by atoms with E-state index in [9.17, 15) is 0 Å². The highest BCUT2D eigenvalue weighted by molar-refractivity contribution is 9.10. The molecule has 0 radical (unpaired) electrons. The molecule has 0 aliphatic heterocycles. The monoisotopic (exact) mass is 286 g/mol. The molecule has 0 amide bonds. The highest BCUT2D eigenvalue weighted by Crippen LogP contribution is 2.33. The lowest BCUT2D eigenvalue weighted by Crippen LogP contribution is -2.02. The summed E-state index contributed by atoms with van der Waals surface area (Å²) >= 11 is 9.67. The first-order valence-corrected chi connectivity index (χ1v) is 6.77. The number of aryl methyl sites for hydroxylation is 1. The summed E-state index contributed by atoms with van der Waals surface area (Å²) in [4.78, 5) is 0. The minimum absolute atomic E-state index is 0.419. The van der Waals surface area contributed by atoms with E-state index >= 15 is 0 Å². The Labute approximate surface area is 105 Å². The molecular weight excluding hydrogens is 272 g/mol. The molecule has 0 nitrogen and oxygen atoms in total. The summed E-state index contributed by atoms with van der Waals surface area (Å²) in [5.41, 5.74) is 2.87. The molecule has 1 fully saturated rings. The predicted octanol–water partition coefficient (Wildman–Crippen LogP) is 4.71. The van der Waals surface area contributed by atoms with E-state index < -0.39 is 0 Å². The van der Waals surface area contributed by atoms with Crippen LogP contribution in [0.1, 0.15) is 30.4 Å². The molecule has 0 bridgehead atoms. The smallest absolute Gasteiger partial charge is 0.0338 e. The van der Waals surface area contributed by atoms with E-state index in [0.717, 1.165) is 5.92 Å². The maximum absolute atomic E-state index is 6.13. The van der Waals surface area contributed by atoms with Gasteiger partial charge in [-0.05, 0) is 61.8 Å². The molecule has 1 saturated carbocycles. The normalized spacial score (nSPS) is 25.8. The average molecular weight is 288 g/mol. The van der Waals surface area contributed by atoms with Gasteiger partial charge in [0.05, 0.1) is 0 Å². The van der Waals surface area contributed by atoms with Gasteiger partial charge in [0.1, 0.15) is 0 Å². The van der Waals surface area contributed by atoms with E-state index in [1.165, 1.54) is 41.3 Å². The van der Waals surface area contributed by atoms with Crippen LogP contribution in [0, 0.1) is 12.8 Å². The first-order valence-electron chi connectivity index (χ1n) is 5.54. The third-order valence-corrected chi connectivity index (χ3v) is 4.19. The molecule has 1 aliphatic rings. The Bertz CT molecular complexity index is 348. The van der Waals surface area contributed by atoms with Crippen LogP contribution in [0.15, 0.2) is 22.7 Å². The van der Waals surface area contributed by atoms with Crippen LogP contribution in [0.25, 0.3) is 0 Å². The van der Waals surface area contributed by atoms with E-state index in [1.807, 2.05) is 0 Å². The molecule has 1 aromatic carbocycles. The van der Waals surface area contributed by atoms with Gasteiger partial charge in [0.25, 0.3) is 0 Å². The van der Waals surface area contributed by atoms with Gasteiger partial charge in [-0.3, -0.25) is 0 Å². The summed E-state index contributed by atoms with van der Waals surface area (Å²) in [5, 5.41) is 0.419. The topological polar surface area (TPSA) is 0 Å². The van der Waals surface area contributed by atoms with E-state index in [0.29, 0.717) is 5.38 Å². The maximum atomic E-state index is 6.13. The lowest BCUT2D eigenvalue weighted by molar-refractivity contribution is 0.546. The van der Waals surface area contributed by atoms with Crippen LogP contribution < -0.4 is 0 Å². The molecular formula is C13H16BrCl. The Hall–Kier alpha value is -0.0100. The van der Waals surface area contributed by atoms with Gasteiger partial charge in [-0.2, -0.15) is 0 Å². The van der Waals surface area contributed by atoms with E-state index in [2.05, 4.69) is 41.1 Å². The molecule has 0 saturated heterocycles. The second-order valence-corrected chi connectivity index (χ2v) is 6.08. The molecule has 0 heterocycles. The van der Waals surface area contributed by atoms with E-state index in [-0.39, 0.29) is 0 Å². The van der Waals surface area contributed by atoms with Crippen LogP contribution in [-0.4, -0.2) is 5.38 Å². The van der Waals surface area contributed by atoms with Gasteiger partial charge in [-0.15, -0.1) is 11.6 Å². The van der Waals surface area contributed by atoms with E-state index in [1.54, 1.807) is 0 Å². The second-order valence-electron chi connectivity index (χ2n) is 4.55. The zero-order valence-corrected chi connectivity index (χ0v) is 11.3. The van der Waals surface area contributed by atoms with Crippen LogP contribution in [-0.2, 0) is 6.42 Å². The molecule has 1 aromatic rings. The van der Waals surface area contributed by atoms with Crippen molar-refractivity contribution in [1.29, 1.82) is 0 Å². The van der Waals surface area contributed by atoms with Crippen molar-refractivity contribution in [2.24, 2.45) is 5.92 Å². The van der Waals surface area contributed by atoms with Gasteiger partial charge in [-0.25, -0.2) is 0 Å². The Balaban J connectivity index is 2.07. The first-order chi connectivity index (χ1) is 7.15. The average Bonchev–Trinajstić information content (AvgIpc) is 2.58. The fourth-order valence-electron chi connectivity index (χ4n) is 2.37. The Kier molecular flexibility index (Phi) is 3.73. The lowest BCUT2D eigenvalue weighted by Gasteiger charge is -2.12. The Morgan fingerprint density at radius 3 is 2.87 bits per heavy atom. The quantitative estimate of drug-likeness (QED) is 0.691. The number of rotatable bonds is 2. The van der Waals surface area contributed by atoms with Crippen molar-refractivity contribution < 1.29 is 0 Å². The first kappa shape index (κ1) is 11.5. The molecule has 0 aromatic heterocycles. The Morgan fingerprint density at radius 2 is 2.20 bits per heavy atom. The molecule has 0 N–H and O–H groups in total. The molecule has 2 unspecified atom stereocenters. The molecule has 2 heteroatoms. The van der Waals surface area contributed by atoms with Crippen molar-refractivity contribution in [3.05, 3.63) is 33.8 Å². The van der Waals surface area contributed by atoms with Gasteiger partial charge < -0.3 is 0 Å². The van der Waals surface area contributed by atoms with Crippen molar-refractivity contribution in [2.75, 3.05) is 0 Å². The van der Waals surface area contributed by atoms with Gasteiger partial charge in [0.15, 0.2) is 0 Å². The summed E-state index contributed by atoms with van der Waals surface area (Å²) in [5.74, 6) is 0.792. The SMILES string of the molecule is Cc1ccc(Br)cc1CC1CCC(Cl)C1. The molecule has 82 valence electrons. The van der Waals surface area contributed by atoms with Crippen molar-refractivity contribution in [2.45, 2.75) is 38.0 Å². The standard InChI is InChI=1S/C13H16BrCl/c1-9-2-4-12(14)8-11(9)6-10-3-5-13(15)7-10/h2,4,8,10,13H,3,5-7H2,1H3. The minimum atomic E-state index is 0.419. The third-order valence-electron chi connectivity index (χ3n) is 3.30. The minimum Gasteiger partial charge on any atom is -0.123 e. The molecule has 2 rings (SSSR count). The third kappa shape index (κ3) is 2.98. The summed E-state index contributed by atoms with van der Waals surface area (Å²) in [6.45, 7) is 2.19. The van der Waals surface area contributed by atoms with Gasteiger partial charge in [0.2, 0.25) is 0 Å². The maximum Gasteiger partial charge on any atom is 0.0338 e. The van der Waals surface area contributed by atoms with Crippen molar-refractivity contribution >= 4 is 27.5 Å². The largest absolute Gasteiger partial charge is 0.123 e. The Morgan fingerprint density at radius 1 is 1.40 bits per heavy atom. The molecule has 2 atom stereocenters. The summed E-state index contributed by atoms with van der Waals surface area (Å²) in [6.07, 6.45) is 4.86. The number of alkyl halides is 1. The summed E-state index contributed by atoms with van der Waals surface area (Å²) < 4.78 is 1.18. The highest BCUT2D eigenvalue weighted by atomic mass is 79.9. The fourth-order valence-corrected chi connectivity index (χ4v) is 3.16. The van der Waals surface area contributed by atoms with Crippen LogP contribution >= 0.6 is 27.5 Å². The highest BCUT2D eigenvalue weighted by Gasteiger charge is 2.23. The number of hydrogen-bond acceptors (Lipinski definition) is 0. The molecule has 1 aliphatic carbocycles. The van der Waals surface area contributed by atoms with Gasteiger partial charge in [0, 0.05) is 9.85 Å². The number of hydrogen-bond donors (Lipinski definition) is 0. The summed E-state index contributed by atoms with van der Waals surface area (Å²) in [7, 11) is 0. The zero-order chi connectivity index (χ0) is 10.8. The second kappa shape index (κ2) is 4.88. The number of benzene rings is 1. The summed E-state index contributed by atoms with van der Waals surface area (Å²) in [6, 6.07) is 6.54. The molecule has 15 heavy (non-hydrogen) atoms. The fraction of sp³-hybridized carbons (Fsp3) is 0.538. The van der Waals surface area contributed by atoms with Crippen LogP contribution in [0.5, 0.6) is 0 Å². The predicted molar refractivity (Wildman–Crippen MR) is 69.6 cm³/mol. The zero-order valence-electron chi connectivity index (χ0n) is 8.97. The van der Waals surface area contributed by atoms with Crippen molar-refractivity contribution in [1.82, 2.24) is 0 Å². The van der Waals surface area contributed by atoms with E-state index in [4.69, 9.17) is 11.6 Å². The van der Waals surface area contributed by atoms with Crippen LogP contribution in [0.2, 0.25) is 0 Å². The van der Waals surface area contributed by atoms with Gasteiger partial charge in [-0.1, -0.05) is 22.0 Å². The number of halogens is 2. The van der Waals surface area contributed by atoms with Crippen molar-refractivity contribution in [3.8, 4) is 0 Å². The lowest BCUT2D eigenvalue weighted by atomic mass is 9.95. The van der Waals surface area contributed by atoms with Crippen LogP contribution in [0.3, 0.4) is 0 Å². The van der Waals surface area contributed by atoms with Crippen molar-refractivity contribution in [3.63, 3.8) is 0 Å². The molecule has 0 spiro atoms. The van der Waals surface area contributed by atoms with Crippen LogP contribution in [0.4, 0.5) is 0 Å².